The Bertz CT molecular complexity index is 436. The molecule has 2 rings (SSSR count). The Morgan fingerprint density at radius 2 is 1.95 bits per heavy atom. The molecule has 1 aromatic rings. The van der Waals surface area contributed by atoms with Crippen molar-refractivity contribution in [2.45, 2.75) is 38.6 Å². The molecular weight excluding hydrogens is 255 g/mol. The summed E-state index contributed by atoms with van der Waals surface area (Å²) in [4.78, 5) is 14.1. The van der Waals surface area contributed by atoms with E-state index in [4.69, 9.17) is 5.73 Å². The highest BCUT2D eigenvalue weighted by Crippen LogP contribution is 2.20. The highest BCUT2D eigenvalue weighted by Gasteiger charge is 2.24. The van der Waals surface area contributed by atoms with E-state index in [1.54, 1.807) is 12.1 Å². The van der Waals surface area contributed by atoms with Gasteiger partial charge in [0.15, 0.2) is 0 Å². The summed E-state index contributed by atoms with van der Waals surface area (Å²) in [5.41, 5.74) is 6.91. The van der Waals surface area contributed by atoms with Gasteiger partial charge in [-0.1, -0.05) is 12.1 Å². The van der Waals surface area contributed by atoms with Crippen LogP contribution in [0.1, 0.15) is 31.7 Å². The third-order valence-corrected chi connectivity index (χ3v) is 4.18. The normalized spacial score (nSPS) is 18.1. The lowest BCUT2D eigenvalue weighted by atomic mass is 9.91. The van der Waals surface area contributed by atoms with Crippen LogP contribution in [0.2, 0.25) is 0 Å². The summed E-state index contributed by atoms with van der Waals surface area (Å²) in [6.45, 7) is 3.67. The SMILES string of the molecule is CC(N)C1CCN(C(=O)CCc2ccc(F)cc2)CC1. The minimum atomic E-state index is -0.238. The number of aryl methyl sites for hydroxylation is 1. The number of carbonyl (C=O) groups is 1. The van der Waals surface area contributed by atoms with E-state index in [2.05, 4.69) is 0 Å². The highest BCUT2D eigenvalue weighted by molar-refractivity contribution is 5.76. The second-order valence-electron chi connectivity index (χ2n) is 5.70. The lowest BCUT2D eigenvalue weighted by Gasteiger charge is -2.33. The van der Waals surface area contributed by atoms with Gasteiger partial charge in [-0.3, -0.25) is 4.79 Å². The highest BCUT2D eigenvalue weighted by atomic mass is 19.1. The Morgan fingerprint density at radius 1 is 1.35 bits per heavy atom. The van der Waals surface area contributed by atoms with Crippen molar-refractivity contribution in [1.82, 2.24) is 4.90 Å². The van der Waals surface area contributed by atoms with E-state index in [0.717, 1.165) is 31.5 Å². The second kappa shape index (κ2) is 6.84. The van der Waals surface area contributed by atoms with Crippen molar-refractivity contribution in [2.75, 3.05) is 13.1 Å². The first kappa shape index (κ1) is 15.0. The van der Waals surface area contributed by atoms with Crippen molar-refractivity contribution >= 4 is 5.91 Å². The number of nitrogens with zero attached hydrogens (tertiary/aromatic N) is 1. The summed E-state index contributed by atoms with van der Waals surface area (Å²) in [5.74, 6) is 0.492. The Balaban J connectivity index is 1.77. The average molecular weight is 278 g/mol. The summed E-state index contributed by atoms with van der Waals surface area (Å²) in [7, 11) is 0. The van der Waals surface area contributed by atoms with Crippen LogP contribution in [-0.4, -0.2) is 29.9 Å². The van der Waals surface area contributed by atoms with Crippen LogP contribution in [0.25, 0.3) is 0 Å². The molecule has 4 heteroatoms. The molecule has 1 fully saturated rings. The molecule has 1 saturated heterocycles. The Hall–Kier alpha value is -1.42. The quantitative estimate of drug-likeness (QED) is 0.919. The fourth-order valence-electron chi connectivity index (χ4n) is 2.74. The maximum absolute atomic E-state index is 12.8. The zero-order valence-corrected chi connectivity index (χ0v) is 12.0. The zero-order chi connectivity index (χ0) is 14.5. The smallest absolute Gasteiger partial charge is 0.222 e. The average Bonchev–Trinajstić information content (AvgIpc) is 2.46. The van der Waals surface area contributed by atoms with Gasteiger partial charge in [0.2, 0.25) is 5.91 Å². The van der Waals surface area contributed by atoms with Crippen molar-refractivity contribution in [3.8, 4) is 0 Å². The molecule has 1 atom stereocenters. The molecule has 0 saturated carbocycles. The fraction of sp³-hybridized carbons (Fsp3) is 0.562. The number of carbonyl (C=O) groups excluding carboxylic acids is 1. The maximum Gasteiger partial charge on any atom is 0.222 e. The number of nitrogens with two attached hydrogens (primary N) is 1. The van der Waals surface area contributed by atoms with Crippen molar-refractivity contribution in [2.24, 2.45) is 11.7 Å². The van der Waals surface area contributed by atoms with Gasteiger partial charge in [0.25, 0.3) is 0 Å². The van der Waals surface area contributed by atoms with Gasteiger partial charge in [-0.2, -0.15) is 0 Å². The Labute approximate surface area is 120 Å². The van der Waals surface area contributed by atoms with Crippen LogP contribution >= 0.6 is 0 Å². The standard InChI is InChI=1S/C16H23FN2O/c1-12(18)14-8-10-19(11-9-14)16(20)7-4-13-2-5-15(17)6-3-13/h2-3,5-6,12,14H,4,7-11,18H2,1H3. The van der Waals surface area contributed by atoms with Crippen molar-refractivity contribution in [1.29, 1.82) is 0 Å². The molecule has 1 aliphatic rings. The number of amides is 1. The van der Waals surface area contributed by atoms with Crippen LogP contribution in [0.3, 0.4) is 0 Å². The zero-order valence-electron chi connectivity index (χ0n) is 12.0. The largest absolute Gasteiger partial charge is 0.343 e. The Kier molecular flexibility index (Phi) is 5.12. The van der Waals surface area contributed by atoms with Gasteiger partial charge in [-0.05, 0) is 49.8 Å². The predicted molar refractivity (Wildman–Crippen MR) is 77.7 cm³/mol. The summed E-state index contributed by atoms with van der Waals surface area (Å²) in [6.07, 6.45) is 3.17. The predicted octanol–water partition coefficient (Wildman–Crippen LogP) is 2.34. The number of benzene rings is 1. The van der Waals surface area contributed by atoms with E-state index in [0.29, 0.717) is 18.8 Å². The van der Waals surface area contributed by atoms with Crippen molar-refractivity contribution in [3.63, 3.8) is 0 Å². The number of halogens is 1. The number of piperidine rings is 1. The summed E-state index contributed by atoms with van der Waals surface area (Å²) < 4.78 is 12.8. The molecule has 1 unspecified atom stereocenters. The fourth-order valence-corrected chi connectivity index (χ4v) is 2.74. The van der Waals surface area contributed by atoms with Crippen molar-refractivity contribution < 1.29 is 9.18 Å². The molecule has 0 radical (unpaired) electrons. The first-order valence-corrected chi connectivity index (χ1v) is 7.34. The molecule has 0 aromatic heterocycles. The first-order chi connectivity index (χ1) is 9.56. The monoisotopic (exact) mass is 278 g/mol. The molecule has 1 aliphatic heterocycles. The van der Waals surface area contributed by atoms with Gasteiger partial charge in [-0.15, -0.1) is 0 Å². The van der Waals surface area contributed by atoms with E-state index in [1.165, 1.54) is 12.1 Å². The molecule has 2 N–H and O–H groups in total. The van der Waals surface area contributed by atoms with Crippen LogP contribution < -0.4 is 5.73 Å². The lowest BCUT2D eigenvalue weighted by Crippen LogP contribution is -2.42. The minimum Gasteiger partial charge on any atom is -0.343 e. The summed E-state index contributed by atoms with van der Waals surface area (Å²) >= 11 is 0. The molecule has 110 valence electrons. The number of likely N-dealkylation sites (tertiary alicyclic amines) is 1. The molecule has 20 heavy (non-hydrogen) atoms. The van der Waals surface area contributed by atoms with Gasteiger partial charge < -0.3 is 10.6 Å². The molecule has 1 aromatic carbocycles. The molecule has 1 heterocycles. The van der Waals surface area contributed by atoms with E-state index >= 15 is 0 Å². The number of hydrogen-bond acceptors (Lipinski definition) is 2. The third kappa shape index (κ3) is 4.04. The topological polar surface area (TPSA) is 46.3 Å². The first-order valence-electron chi connectivity index (χ1n) is 7.34. The molecule has 0 bridgehead atoms. The summed E-state index contributed by atoms with van der Waals surface area (Å²) in [5, 5.41) is 0. The van der Waals surface area contributed by atoms with Gasteiger partial charge >= 0.3 is 0 Å². The van der Waals surface area contributed by atoms with Gasteiger partial charge in [0.1, 0.15) is 5.82 Å². The van der Waals surface area contributed by atoms with Crippen LogP contribution in [0.5, 0.6) is 0 Å². The van der Waals surface area contributed by atoms with Gasteiger partial charge in [0.05, 0.1) is 0 Å². The Morgan fingerprint density at radius 3 is 2.50 bits per heavy atom. The van der Waals surface area contributed by atoms with Crippen LogP contribution in [0, 0.1) is 11.7 Å². The number of hydrogen-bond donors (Lipinski definition) is 1. The third-order valence-electron chi connectivity index (χ3n) is 4.18. The lowest BCUT2D eigenvalue weighted by molar-refractivity contribution is -0.132. The van der Waals surface area contributed by atoms with E-state index in [9.17, 15) is 9.18 Å². The van der Waals surface area contributed by atoms with Crippen molar-refractivity contribution in [3.05, 3.63) is 35.6 Å². The number of rotatable bonds is 4. The second-order valence-corrected chi connectivity index (χ2v) is 5.70. The van der Waals surface area contributed by atoms with Gasteiger partial charge in [0, 0.05) is 25.6 Å². The maximum atomic E-state index is 12.8. The van der Waals surface area contributed by atoms with Crippen LogP contribution in [-0.2, 0) is 11.2 Å². The van der Waals surface area contributed by atoms with Crippen LogP contribution in [0.4, 0.5) is 4.39 Å². The summed E-state index contributed by atoms with van der Waals surface area (Å²) in [6, 6.07) is 6.57. The van der Waals surface area contributed by atoms with E-state index in [-0.39, 0.29) is 17.8 Å². The van der Waals surface area contributed by atoms with Gasteiger partial charge in [-0.25, -0.2) is 4.39 Å². The minimum absolute atomic E-state index is 0.192. The molecular formula is C16H23FN2O. The van der Waals surface area contributed by atoms with E-state index < -0.39 is 0 Å². The van der Waals surface area contributed by atoms with E-state index in [1.807, 2.05) is 11.8 Å². The molecule has 3 nitrogen and oxygen atoms in total. The molecule has 0 aliphatic carbocycles. The molecule has 0 spiro atoms. The van der Waals surface area contributed by atoms with Crippen LogP contribution in [0.15, 0.2) is 24.3 Å². The molecule has 1 amide bonds.